The van der Waals surface area contributed by atoms with Crippen LogP contribution in [0.25, 0.3) is 11.0 Å². The zero-order valence-electron chi connectivity index (χ0n) is 14.2. The summed E-state index contributed by atoms with van der Waals surface area (Å²) in [4.78, 5) is 34.0. The van der Waals surface area contributed by atoms with Gasteiger partial charge in [-0.2, -0.15) is 0 Å². The fraction of sp³-hybridized carbons (Fsp3) is 0.500. The first-order valence-electron chi connectivity index (χ1n) is 8.57. The Morgan fingerprint density at radius 1 is 1.29 bits per heavy atom. The lowest BCUT2D eigenvalue weighted by atomic mass is 9.96. The van der Waals surface area contributed by atoms with E-state index in [-0.39, 0.29) is 17.8 Å². The molecule has 0 unspecified atom stereocenters. The van der Waals surface area contributed by atoms with E-state index in [0.717, 1.165) is 23.3 Å². The van der Waals surface area contributed by atoms with E-state index >= 15 is 0 Å². The molecule has 1 fully saturated rings. The summed E-state index contributed by atoms with van der Waals surface area (Å²) in [6.07, 6.45) is 2.16. The second kappa shape index (κ2) is 7.03. The van der Waals surface area contributed by atoms with E-state index in [1.165, 1.54) is 0 Å². The number of nitrogens with zero attached hydrogens (tertiary/aromatic N) is 2. The quantitative estimate of drug-likeness (QED) is 0.875. The van der Waals surface area contributed by atoms with Crippen LogP contribution in [0.1, 0.15) is 42.9 Å². The summed E-state index contributed by atoms with van der Waals surface area (Å²) < 4.78 is 5.07. The van der Waals surface area contributed by atoms with E-state index in [9.17, 15) is 9.59 Å². The van der Waals surface area contributed by atoms with Crippen LogP contribution in [0.4, 0.5) is 0 Å². The molecular weight excluding hydrogens is 306 g/mol. The molecule has 0 aliphatic carbocycles. The Labute approximate surface area is 141 Å². The van der Waals surface area contributed by atoms with E-state index in [1.54, 1.807) is 0 Å². The summed E-state index contributed by atoms with van der Waals surface area (Å²) >= 11 is 0. The first-order chi connectivity index (χ1) is 11.6. The number of hydrogen-bond donors (Lipinski definition) is 1. The molecule has 1 N–H and O–H groups in total. The van der Waals surface area contributed by atoms with Gasteiger partial charge in [0.05, 0.1) is 23.6 Å². The monoisotopic (exact) mass is 329 g/mol. The third-order valence-corrected chi connectivity index (χ3v) is 4.51. The molecule has 1 aromatic carbocycles. The zero-order chi connectivity index (χ0) is 17.1. The third-order valence-electron chi connectivity index (χ3n) is 4.51. The van der Waals surface area contributed by atoms with Gasteiger partial charge in [-0.1, -0.05) is 6.92 Å². The summed E-state index contributed by atoms with van der Waals surface area (Å²) in [6.45, 7) is 5.43. The number of piperidine rings is 1. The summed E-state index contributed by atoms with van der Waals surface area (Å²) in [5.74, 6) is 0.698. The summed E-state index contributed by atoms with van der Waals surface area (Å²) in [5, 5.41) is 0. The number of aromatic nitrogens is 2. The number of fused-ring (bicyclic) bond motifs is 1. The zero-order valence-corrected chi connectivity index (χ0v) is 14.2. The molecule has 6 nitrogen and oxygen atoms in total. The highest BCUT2D eigenvalue weighted by molar-refractivity contribution is 5.97. The van der Waals surface area contributed by atoms with Gasteiger partial charge in [-0.05, 0) is 38.0 Å². The van der Waals surface area contributed by atoms with Gasteiger partial charge >= 0.3 is 5.97 Å². The Balaban J connectivity index is 1.68. The highest BCUT2D eigenvalue weighted by atomic mass is 16.5. The molecule has 1 aliphatic heterocycles. The number of carbonyl (C=O) groups excluding carboxylic acids is 2. The van der Waals surface area contributed by atoms with Crippen molar-refractivity contribution >= 4 is 22.9 Å². The number of likely N-dealkylation sites (tertiary alicyclic amines) is 1. The smallest absolute Gasteiger partial charge is 0.309 e. The van der Waals surface area contributed by atoms with Crippen LogP contribution in [0.5, 0.6) is 0 Å². The second-order valence-electron chi connectivity index (χ2n) is 6.09. The maximum absolute atomic E-state index is 12.7. The van der Waals surface area contributed by atoms with Gasteiger partial charge in [-0.3, -0.25) is 9.59 Å². The molecule has 0 spiro atoms. The fourth-order valence-electron chi connectivity index (χ4n) is 3.12. The number of carbonyl (C=O) groups is 2. The number of aromatic amines is 1. The Morgan fingerprint density at radius 2 is 2.04 bits per heavy atom. The van der Waals surface area contributed by atoms with Crippen molar-refractivity contribution in [2.45, 2.75) is 33.1 Å². The van der Waals surface area contributed by atoms with Gasteiger partial charge in [-0.25, -0.2) is 4.98 Å². The van der Waals surface area contributed by atoms with Gasteiger partial charge in [0.25, 0.3) is 5.91 Å². The molecule has 0 atom stereocenters. The van der Waals surface area contributed by atoms with Crippen LogP contribution in [0, 0.1) is 5.92 Å². The van der Waals surface area contributed by atoms with Crippen LogP contribution < -0.4 is 0 Å². The molecule has 128 valence electrons. The summed E-state index contributed by atoms with van der Waals surface area (Å²) in [5.41, 5.74) is 2.42. The van der Waals surface area contributed by atoms with Gasteiger partial charge in [0, 0.05) is 25.1 Å². The molecule has 24 heavy (non-hydrogen) atoms. The minimum atomic E-state index is -0.143. The van der Waals surface area contributed by atoms with Crippen LogP contribution >= 0.6 is 0 Å². The van der Waals surface area contributed by atoms with Gasteiger partial charge in [0.15, 0.2) is 0 Å². The molecule has 3 rings (SSSR count). The van der Waals surface area contributed by atoms with Crippen molar-refractivity contribution in [2.75, 3.05) is 19.7 Å². The van der Waals surface area contributed by atoms with Crippen molar-refractivity contribution in [1.82, 2.24) is 14.9 Å². The fourth-order valence-corrected chi connectivity index (χ4v) is 3.12. The van der Waals surface area contributed by atoms with Gasteiger partial charge < -0.3 is 14.6 Å². The number of ether oxygens (including phenoxy) is 1. The highest BCUT2D eigenvalue weighted by Gasteiger charge is 2.28. The lowest BCUT2D eigenvalue weighted by Crippen LogP contribution is -2.40. The maximum atomic E-state index is 12.7. The first kappa shape index (κ1) is 16.5. The number of hydrogen-bond acceptors (Lipinski definition) is 4. The Morgan fingerprint density at radius 3 is 2.71 bits per heavy atom. The molecule has 0 saturated carbocycles. The number of benzene rings is 1. The van der Waals surface area contributed by atoms with Gasteiger partial charge in [0.2, 0.25) is 0 Å². The van der Waals surface area contributed by atoms with Crippen molar-refractivity contribution in [3.8, 4) is 0 Å². The number of nitrogens with one attached hydrogen (secondary N) is 1. The average molecular weight is 329 g/mol. The van der Waals surface area contributed by atoms with Crippen molar-refractivity contribution in [3.05, 3.63) is 29.6 Å². The molecule has 0 radical (unpaired) electrons. The lowest BCUT2D eigenvalue weighted by Gasteiger charge is -2.30. The van der Waals surface area contributed by atoms with Crippen LogP contribution in [0.3, 0.4) is 0 Å². The Bertz CT molecular complexity index is 745. The lowest BCUT2D eigenvalue weighted by molar-refractivity contribution is -0.149. The third kappa shape index (κ3) is 3.27. The Kier molecular flexibility index (Phi) is 4.83. The summed E-state index contributed by atoms with van der Waals surface area (Å²) in [6, 6.07) is 5.56. The minimum Gasteiger partial charge on any atom is -0.466 e. The number of amides is 1. The van der Waals surface area contributed by atoms with Crippen LogP contribution in [-0.2, 0) is 16.0 Å². The van der Waals surface area contributed by atoms with Crippen LogP contribution in [-0.4, -0.2) is 46.4 Å². The van der Waals surface area contributed by atoms with E-state index in [1.807, 2.05) is 36.9 Å². The SMILES string of the molecule is CCOC(=O)C1CCN(C(=O)c2ccc3nc(CC)[nH]c3c2)CC1. The van der Waals surface area contributed by atoms with E-state index in [4.69, 9.17) is 4.74 Å². The van der Waals surface area contributed by atoms with E-state index in [0.29, 0.717) is 38.1 Å². The van der Waals surface area contributed by atoms with Crippen LogP contribution in [0.15, 0.2) is 18.2 Å². The number of imidazole rings is 1. The average Bonchev–Trinajstić information content (AvgIpc) is 3.03. The molecule has 1 amide bonds. The predicted molar refractivity (Wildman–Crippen MR) is 90.7 cm³/mol. The highest BCUT2D eigenvalue weighted by Crippen LogP contribution is 2.22. The molecule has 6 heteroatoms. The molecule has 0 bridgehead atoms. The van der Waals surface area contributed by atoms with Crippen molar-refractivity contribution in [1.29, 1.82) is 0 Å². The molecule has 1 saturated heterocycles. The Hall–Kier alpha value is -2.37. The van der Waals surface area contributed by atoms with Crippen molar-refractivity contribution < 1.29 is 14.3 Å². The molecular formula is C18H23N3O3. The standard InChI is InChI=1S/C18H23N3O3/c1-3-16-19-14-6-5-13(11-15(14)20-16)17(22)21-9-7-12(8-10-21)18(23)24-4-2/h5-6,11-12H,3-4,7-10H2,1-2H3,(H,19,20). The molecule has 1 aliphatic rings. The number of esters is 1. The van der Waals surface area contributed by atoms with E-state index in [2.05, 4.69) is 9.97 Å². The van der Waals surface area contributed by atoms with E-state index < -0.39 is 0 Å². The predicted octanol–water partition coefficient (Wildman–Crippen LogP) is 2.54. The number of rotatable bonds is 4. The first-order valence-corrected chi connectivity index (χ1v) is 8.57. The number of H-pyrrole nitrogens is 1. The normalized spacial score (nSPS) is 15.7. The largest absolute Gasteiger partial charge is 0.466 e. The number of aryl methyl sites for hydroxylation is 1. The molecule has 2 heterocycles. The topological polar surface area (TPSA) is 75.3 Å². The minimum absolute atomic E-state index is 0.00635. The molecule has 1 aromatic heterocycles. The molecule has 2 aromatic rings. The van der Waals surface area contributed by atoms with Crippen LogP contribution in [0.2, 0.25) is 0 Å². The van der Waals surface area contributed by atoms with Crippen molar-refractivity contribution in [3.63, 3.8) is 0 Å². The maximum Gasteiger partial charge on any atom is 0.309 e. The van der Waals surface area contributed by atoms with Gasteiger partial charge in [-0.15, -0.1) is 0 Å². The summed E-state index contributed by atoms with van der Waals surface area (Å²) in [7, 11) is 0. The van der Waals surface area contributed by atoms with Gasteiger partial charge in [0.1, 0.15) is 5.82 Å². The second-order valence-corrected chi connectivity index (χ2v) is 6.09. The van der Waals surface area contributed by atoms with Crippen molar-refractivity contribution in [2.24, 2.45) is 5.92 Å².